The Labute approximate surface area is 134 Å². The smallest absolute Gasteiger partial charge is 0.371 e. The summed E-state index contributed by atoms with van der Waals surface area (Å²) < 4.78 is 40.4. The lowest BCUT2D eigenvalue weighted by Crippen LogP contribution is -2.13. The second-order valence-electron chi connectivity index (χ2n) is 4.81. The molecule has 3 aromatic rings. The number of nitrogens with one attached hydrogen (secondary N) is 1. The molecule has 2 heterocycles. The standard InChI is InChI=1S/C14H11ClF3N5/c1-19-11-10-12(22-13(21-11)14(16,17)18)23(7-20-10)6-8-2-4-9(15)5-3-8/h2-5,7H,6H2,1H3,(H,19,21,22). The third-order valence-corrected chi connectivity index (χ3v) is 3.47. The van der Waals surface area contributed by atoms with Gasteiger partial charge in [-0.1, -0.05) is 23.7 Å². The molecular formula is C14H11ClF3N5. The van der Waals surface area contributed by atoms with Crippen LogP contribution >= 0.6 is 11.6 Å². The number of rotatable bonds is 3. The lowest BCUT2D eigenvalue weighted by Gasteiger charge is -2.09. The summed E-state index contributed by atoms with van der Waals surface area (Å²) in [6.07, 6.45) is -3.19. The fourth-order valence-electron chi connectivity index (χ4n) is 2.15. The lowest BCUT2D eigenvalue weighted by molar-refractivity contribution is -0.144. The molecule has 0 amide bonds. The van der Waals surface area contributed by atoms with E-state index in [0.717, 1.165) is 5.56 Å². The van der Waals surface area contributed by atoms with E-state index in [1.807, 2.05) is 0 Å². The number of anilines is 1. The number of hydrogen-bond acceptors (Lipinski definition) is 4. The molecule has 1 N–H and O–H groups in total. The fourth-order valence-corrected chi connectivity index (χ4v) is 2.27. The number of hydrogen-bond donors (Lipinski definition) is 1. The molecule has 0 bridgehead atoms. The quantitative estimate of drug-likeness (QED) is 0.791. The van der Waals surface area contributed by atoms with Crippen molar-refractivity contribution in [1.82, 2.24) is 19.5 Å². The van der Waals surface area contributed by atoms with Crippen molar-refractivity contribution in [3.8, 4) is 0 Å². The summed E-state index contributed by atoms with van der Waals surface area (Å²) in [5.41, 5.74) is 1.27. The highest BCUT2D eigenvalue weighted by atomic mass is 35.5. The highest BCUT2D eigenvalue weighted by Gasteiger charge is 2.36. The molecule has 1 aromatic carbocycles. The van der Waals surface area contributed by atoms with E-state index in [2.05, 4.69) is 20.3 Å². The van der Waals surface area contributed by atoms with E-state index in [1.54, 1.807) is 24.3 Å². The number of halogens is 4. The lowest BCUT2D eigenvalue weighted by atomic mass is 10.2. The minimum Gasteiger partial charge on any atom is -0.371 e. The first-order chi connectivity index (χ1) is 10.9. The van der Waals surface area contributed by atoms with Crippen molar-refractivity contribution in [3.05, 3.63) is 47.0 Å². The van der Waals surface area contributed by atoms with Gasteiger partial charge in [-0.3, -0.25) is 0 Å². The zero-order chi connectivity index (χ0) is 16.6. The molecule has 0 saturated carbocycles. The average molecular weight is 342 g/mol. The first kappa shape index (κ1) is 15.5. The van der Waals surface area contributed by atoms with Crippen molar-refractivity contribution in [1.29, 1.82) is 0 Å². The van der Waals surface area contributed by atoms with Crippen LogP contribution in [0, 0.1) is 0 Å². The van der Waals surface area contributed by atoms with Crippen LogP contribution in [0.3, 0.4) is 0 Å². The molecule has 0 unspecified atom stereocenters. The van der Waals surface area contributed by atoms with Gasteiger partial charge in [0, 0.05) is 12.1 Å². The third kappa shape index (κ3) is 3.07. The van der Waals surface area contributed by atoms with E-state index in [1.165, 1.54) is 17.9 Å². The predicted octanol–water partition coefficient (Wildman–Crippen LogP) is 3.59. The van der Waals surface area contributed by atoms with Gasteiger partial charge in [-0.25, -0.2) is 15.0 Å². The minimum absolute atomic E-state index is 0.0391. The molecule has 9 heteroatoms. The Bertz CT molecular complexity index is 842. The Morgan fingerprint density at radius 3 is 2.48 bits per heavy atom. The zero-order valence-electron chi connectivity index (χ0n) is 11.9. The highest BCUT2D eigenvalue weighted by Crippen LogP contribution is 2.29. The fraction of sp³-hybridized carbons (Fsp3) is 0.214. The van der Waals surface area contributed by atoms with Crippen LogP contribution in [0.5, 0.6) is 0 Å². The molecule has 2 aromatic heterocycles. The van der Waals surface area contributed by atoms with Gasteiger partial charge in [0.05, 0.1) is 12.9 Å². The zero-order valence-corrected chi connectivity index (χ0v) is 12.7. The largest absolute Gasteiger partial charge is 0.451 e. The van der Waals surface area contributed by atoms with Gasteiger partial charge in [-0.05, 0) is 17.7 Å². The molecule has 5 nitrogen and oxygen atoms in total. The minimum atomic E-state index is -4.63. The summed E-state index contributed by atoms with van der Waals surface area (Å²) in [7, 11) is 1.49. The molecule has 0 aliphatic rings. The van der Waals surface area contributed by atoms with Gasteiger partial charge in [0.1, 0.15) is 5.52 Å². The number of benzene rings is 1. The first-order valence-electron chi connectivity index (χ1n) is 6.61. The van der Waals surface area contributed by atoms with Gasteiger partial charge in [0.15, 0.2) is 11.5 Å². The Hall–Kier alpha value is -2.35. The molecule has 0 radical (unpaired) electrons. The molecule has 0 aliphatic carbocycles. The van der Waals surface area contributed by atoms with E-state index in [4.69, 9.17) is 11.6 Å². The number of alkyl halides is 3. The van der Waals surface area contributed by atoms with Crippen molar-refractivity contribution in [2.45, 2.75) is 12.7 Å². The summed E-state index contributed by atoms with van der Waals surface area (Å²) in [4.78, 5) is 11.2. The number of fused-ring (bicyclic) bond motifs is 1. The van der Waals surface area contributed by atoms with Gasteiger partial charge in [-0.15, -0.1) is 0 Å². The van der Waals surface area contributed by atoms with Crippen LogP contribution in [-0.2, 0) is 12.7 Å². The van der Waals surface area contributed by atoms with E-state index in [0.29, 0.717) is 11.6 Å². The van der Waals surface area contributed by atoms with Gasteiger partial charge >= 0.3 is 6.18 Å². The van der Waals surface area contributed by atoms with Gasteiger partial charge in [0.2, 0.25) is 5.82 Å². The van der Waals surface area contributed by atoms with Gasteiger partial charge < -0.3 is 9.88 Å². The van der Waals surface area contributed by atoms with Crippen LogP contribution in [0.4, 0.5) is 19.0 Å². The molecule has 0 saturated heterocycles. The summed E-state index contributed by atoms with van der Waals surface area (Å²) in [5, 5.41) is 3.21. The van der Waals surface area contributed by atoms with Gasteiger partial charge in [0.25, 0.3) is 0 Å². The molecule has 0 spiro atoms. The van der Waals surface area contributed by atoms with E-state index in [-0.39, 0.29) is 17.0 Å². The monoisotopic (exact) mass is 341 g/mol. The van der Waals surface area contributed by atoms with Crippen molar-refractivity contribution in [2.24, 2.45) is 0 Å². The van der Waals surface area contributed by atoms with Crippen LogP contribution < -0.4 is 5.32 Å². The Kier molecular flexibility index (Phi) is 3.85. The van der Waals surface area contributed by atoms with Crippen LogP contribution in [0.25, 0.3) is 11.2 Å². The summed E-state index contributed by atoms with van der Waals surface area (Å²) >= 11 is 5.83. The van der Waals surface area contributed by atoms with Crippen molar-refractivity contribution < 1.29 is 13.2 Å². The summed E-state index contributed by atoms with van der Waals surface area (Å²) in [5.74, 6) is -1.16. The predicted molar refractivity (Wildman–Crippen MR) is 80.4 cm³/mol. The Morgan fingerprint density at radius 2 is 1.87 bits per heavy atom. The normalized spacial score (nSPS) is 11.9. The number of aromatic nitrogens is 4. The summed E-state index contributed by atoms with van der Waals surface area (Å²) in [6.45, 7) is 0.325. The topological polar surface area (TPSA) is 55.6 Å². The third-order valence-electron chi connectivity index (χ3n) is 3.22. The second kappa shape index (κ2) is 5.69. The van der Waals surface area contributed by atoms with E-state index in [9.17, 15) is 13.2 Å². The molecule has 0 fully saturated rings. The maximum Gasteiger partial charge on any atom is 0.451 e. The van der Waals surface area contributed by atoms with Crippen molar-refractivity contribution in [3.63, 3.8) is 0 Å². The average Bonchev–Trinajstić information content (AvgIpc) is 2.91. The van der Waals surface area contributed by atoms with Crippen LogP contribution in [-0.4, -0.2) is 26.6 Å². The van der Waals surface area contributed by atoms with E-state index < -0.39 is 12.0 Å². The van der Waals surface area contributed by atoms with Gasteiger partial charge in [-0.2, -0.15) is 13.2 Å². The van der Waals surface area contributed by atoms with Crippen molar-refractivity contribution >= 4 is 28.6 Å². The van der Waals surface area contributed by atoms with Crippen LogP contribution in [0.1, 0.15) is 11.4 Å². The number of nitrogens with zero attached hydrogens (tertiary/aromatic N) is 4. The maximum absolute atomic E-state index is 12.9. The molecule has 3 rings (SSSR count). The number of imidazole rings is 1. The van der Waals surface area contributed by atoms with E-state index >= 15 is 0 Å². The van der Waals surface area contributed by atoms with Crippen molar-refractivity contribution in [2.75, 3.05) is 12.4 Å². The Morgan fingerprint density at radius 1 is 1.17 bits per heavy atom. The first-order valence-corrected chi connectivity index (χ1v) is 6.98. The Balaban J connectivity index is 2.09. The molecule has 0 atom stereocenters. The highest BCUT2D eigenvalue weighted by molar-refractivity contribution is 6.30. The van der Waals surface area contributed by atoms with Crippen LogP contribution in [0.15, 0.2) is 30.6 Å². The molecular weight excluding hydrogens is 331 g/mol. The maximum atomic E-state index is 12.9. The second-order valence-corrected chi connectivity index (χ2v) is 5.25. The summed E-state index contributed by atoms with van der Waals surface area (Å²) in [6, 6.07) is 7.01. The molecule has 0 aliphatic heterocycles. The molecule has 120 valence electrons. The SMILES string of the molecule is CNc1nc(C(F)(F)F)nc2c1ncn2Cc1ccc(Cl)cc1. The molecule has 23 heavy (non-hydrogen) atoms. The van der Waals surface area contributed by atoms with Crippen LogP contribution in [0.2, 0.25) is 5.02 Å².